The number of benzene rings is 6. The van der Waals surface area contributed by atoms with E-state index in [0.717, 1.165) is 45.4 Å². The van der Waals surface area contributed by atoms with E-state index in [-0.39, 0.29) is 6.71 Å². The molecule has 0 atom stereocenters. The molecule has 0 amide bonds. The van der Waals surface area contributed by atoms with Gasteiger partial charge < -0.3 is 14.2 Å². The lowest BCUT2D eigenvalue weighted by molar-refractivity contribution is -0.00518. The van der Waals surface area contributed by atoms with Crippen molar-refractivity contribution < 1.29 is 4.42 Å². The molecule has 0 unspecified atom stereocenters. The standard InChI is InChI=1S/C46H37BN2O/c1-6-18-43-34(9-1)35-10-7-17-42(45(35)50-43)49-39-14-5-3-12-37(39)47-36-11-2-4-13-38(36)48(40-15-8-16-41(49)44(40)47)33-21-19-32(20-22-33)46-26-29-23-30(27-46)25-31(24-29)28-46/h1-22,29-31H,23-28H2. The summed E-state index contributed by atoms with van der Waals surface area (Å²) in [5, 5.41) is 2.30. The number of rotatable bonds is 3. The van der Waals surface area contributed by atoms with Gasteiger partial charge in [0.05, 0.1) is 5.69 Å². The molecule has 4 saturated carbocycles. The Labute approximate surface area is 293 Å². The molecule has 240 valence electrons. The SMILES string of the molecule is c1ccc2c(c1)B1c3ccccc3N(c3cccc4c3oc3ccccc34)c3cccc(c31)N2c1ccc(C23CC4CC(CC(C4)C2)C3)cc1. The lowest BCUT2D eigenvalue weighted by atomic mass is 9.33. The van der Waals surface area contributed by atoms with Crippen LogP contribution < -0.4 is 26.2 Å². The average molecular weight is 645 g/mol. The summed E-state index contributed by atoms with van der Waals surface area (Å²) in [7, 11) is 0. The third-order valence-electron chi connectivity index (χ3n) is 13.2. The third-order valence-corrected chi connectivity index (χ3v) is 13.2. The molecule has 7 aromatic rings. The Hall–Kier alpha value is -5.22. The van der Waals surface area contributed by atoms with Gasteiger partial charge in [-0.25, -0.2) is 0 Å². The van der Waals surface area contributed by atoms with Gasteiger partial charge in [-0.15, -0.1) is 0 Å². The van der Waals surface area contributed by atoms with Crippen molar-refractivity contribution in [3.63, 3.8) is 0 Å². The first-order chi connectivity index (χ1) is 24.7. The van der Waals surface area contributed by atoms with Crippen LogP contribution in [0.25, 0.3) is 21.9 Å². The minimum absolute atomic E-state index is 0.127. The van der Waals surface area contributed by atoms with Gasteiger partial charge in [-0.3, -0.25) is 0 Å². The number of anilines is 6. The van der Waals surface area contributed by atoms with Gasteiger partial charge in [0.1, 0.15) is 5.58 Å². The quantitative estimate of drug-likeness (QED) is 0.179. The fourth-order valence-corrected chi connectivity index (χ4v) is 11.7. The summed E-state index contributed by atoms with van der Waals surface area (Å²) < 4.78 is 6.66. The summed E-state index contributed by atoms with van der Waals surface area (Å²) >= 11 is 0. The van der Waals surface area contributed by atoms with Gasteiger partial charge >= 0.3 is 0 Å². The van der Waals surface area contributed by atoms with Crippen molar-refractivity contribution in [1.29, 1.82) is 0 Å². The molecule has 3 nitrogen and oxygen atoms in total. The normalized spacial score (nSPS) is 24.1. The Morgan fingerprint density at radius 1 is 0.500 bits per heavy atom. The van der Waals surface area contributed by atoms with E-state index in [1.54, 1.807) is 5.56 Å². The number of furan rings is 1. The fourth-order valence-electron chi connectivity index (χ4n) is 11.7. The molecule has 50 heavy (non-hydrogen) atoms. The van der Waals surface area contributed by atoms with E-state index in [2.05, 4.69) is 143 Å². The van der Waals surface area contributed by atoms with Gasteiger partial charge in [-0.1, -0.05) is 84.9 Å². The van der Waals surface area contributed by atoms with Crippen LogP contribution in [0.1, 0.15) is 44.1 Å². The first-order valence-electron chi connectivity index (χ1n) is 18.6. The Kier molecular flexibility index (Phi) is 5.49. The molecule has 4 bridgehead atoms. The van der Waals surface area contributed by atoms with Crippen molar-refractivity contribution in [2.24, 2.45) is 17.8 Å². The maximum Gasteiger partial charge on any atom is 0.252 e. The van der Waals surface area contributed by atoms with E-state index in [1.807, 2.05) is 0 Å². The molecule has 6 aliphatic rings. The first kappa shape index (κ1) is 27.6. The van der Waals surface area contributed by atoms with Crippen molar-refractivity contribution >= 4 is 79.2 Å². The largest absolute Gasteiger partial charge is 0.454 e. The van der Waals surface area contributed by atoms with Crippen LogP contribution in [0.3, 0.4) is 0 Å². The molecule has 4 aliphatic carbocycles. The minimum Gasteiger partial charge on any atom is -0.454 e. The average Bonchev–Trinajstić information content (AvgIpc) is 3.54. The van der Waals surface area contributed by atoms with Crippen molar-refractivity contribution in [1.82, 2.24) is 0 Å². The van der Waals surface area contributed by atoms with Crippen LogP contribution >= 0.6 is 0 Å². The summed E-state index contributed by atoms with van der Waals surface area (Å²) in [5.41, 5.74) is 15.1. The van der Waals surface area contributed by atoms with Crippen molar-refractivity contribution in [3.05, 3.63) is 139 Å². The van der Waals surface area contributed by atoms with Gasteiger partial charge in [0.2, 0.25) is 0 Å². The number of nitrogens with zero attached hydrogens (tertiary/aromatic N) is 2. The molecular formula is C46H37BN2O. The molecule has 0 radical (unpaired) electrons. The van der Waals surface area contributed by atoms with Crippen LogP contribution in [0.5, 0.6) is 0 Å². The summed E-state index contributed by atoms with van der Waals surface area (Å²) in [6.45, 7) is 0.127. The van der Waals surface area contributed by atoms with Crippen LogP contribution in [-0.4, -0.2) is 6.71 Å². The van der Waals surface area contributed by atoms with Gasteiger partial charge in [0.25, 0.3) is 6.71 Å². The molecule has 0 N–H and O–H groups in total. The number of para-hydroxylation sites is 4. The van der Waals surface area contributed by atoms with Gasteiger partial charge in [-0.05, 0) is 132 Å². The van der Waals surface area contributed by atoms with Crippen LogP contribution in [0.15, 0.2) is 138 Å². The third kappa shape index (κ3) is 3.66. The second-order valence-corrected chi connectivity index (χ2v) is 15.9. The van der Waals surface area contributed by atoms with Gasteiger partial charge in [0, 0.05) is 39.2 Å². The highest BCUT2D eigenvalue weighted by Gasteiger charge is 2.51. The molecule has 3 heterocycles. The van der Waals surface area contributed by atoms with Crippen molar-refractivity contribution in [3.8, 4) is 0 Å². The fraction of sp³-hybridized carbons (Fsp3) is 0.217. The highest BCUT2D eigenvalue weighted by atomic mass is 16.3. The van der Waals surface area contributed by atoms with E-state index in [0.29, 0.717) is 5.41 Å². The molecule has 6 aromatic carbocycles. The lowest BCUT2D eigenvalue weighted by Gasteiger charge is -2.57. The van der Waals surface area contributed by atoms with E-state index in [9.17, 15) is 0 Å². The summed E-state index contributed by atoms with van der Waals surface area (Å²) in [5.74, 6) is 2.83. The predicted octanol–water partition coefficient (Wildman–Crippen LogP) is 10.1. The molecular weight excluding hydrogens is 607 g/mol. The summed E-state index contributed by atoms with van der Waals surface area (Å²) in [6.07, 6.45) is 8.62. The second-order valence-electron chi connectivity index (χ2n) is 15.9. The summed E-state index contributed by atoms with van der Waals surface area (Å²) in [6, 6.07) is 49.8. The zero-order chi connectivity index (χ0) is 32.6. The highest BCUT2D eigenvalue weighted by molar-refractivity contribution is 7.00. The Morgan fingerprint density at radius 3 is 1.76 bits per heavy atom. The van der Waals surface area contributed by atoms with E-state index in [1.165, 1.54) is 83.4 Å². The monoisotopic (exact) mass is 644 g/mol. The Bertz CT molecular complexity index is 2480. The maximum absolute atomic E-state index is 6.66. The molecule has 13 rings (SSSR count). The molecule has 4 heteroatoms. The van der Waals surface area contributed by atoms with Crippen molar-refractivity contribution in [2.75, 3.05) is 9.80 Å². The van der Waals surface area contributed by atoms with Crippen molar-refractivity contribution in [2.45, 2.75) is 43.9 Å². The van der Waals surface area contributed by atoms with Gasteiger partial charge in [-0.2, -0.15) is 0 Å². The van der Waals surface area contributed by atoms with Crippen LogP contribution in [0.4, 0.5) is 34.1 Å². The smallest absolute Gasteiger partial charge is 0.252 e. The first-order valence-corrected chi connectivity index (χ1v) is 18.6. The Balaban J connectivity index is 1.05. The minimum atomic E-state index is 0.127. The van der Waals surface area contributed by atoms with E-state index < -0.39 is 0 Å². The number of fused-ring (bicyclic) bond motifs is 7. The zero-order valence-electron chi connectivity index (χ0n) is 28.1. The van der Waals surface area contributed by atoms with Crippen LogP contribution in [0.2, 0.25) is 0 Å². The molecule has 0 saturated heterocycles. The molecule has 4 fully saturated rings. The van der Waals surface area contributed by atoms with Gasteiger partial charge in [0.15, 0.2) is 5.58 Å². The topological polar surface area (TPSA) is 19.6 Å². The highest BCUT2D eigenvalue weighted by Crippen LogP contribution is 2.61. The molecule has 1 aromatic heterocycles. The number of hydrogen-bond acceptors (Lipinski definition) is 3. The number of hydrogen-bond donors (Lipinski definition) is 0. The maximum atomic E-state index is 6.66. The van der Waals surface area contributed by atoms with E-state index >= 15 is 0 Å². The zero-order valence-corrected chi connectivity index (χ0v) is 28.1. The Morgan fingerprint density at radius 2 is 1.04 bits per heavy atom. The second kappa shape index (κ2) is 9.94. The van der Waals surface area contributed by atoms with E-state index in [4.69, 9.17) is 4.42 Å². The summed E-state index contributed by atoms with van der Waals surface area (Å²) in [4.78, 5) is 4.99. The predicted molar refractivity (Wildman–Crippen MR) is 208 cm³/mol. The van der Waals surface area contributed by atoms with Crippen LogP contribution in [-0.2, 0) is 5.41 Å². The molecule has 0 spiro atoms. The lowest BCUT2D eigenvalue weighted by Crippen LogP contribution is -2.61. The van der Waals surface area contributed by atoms with Crippen LogP contribution in [0, 0.1) is 17.8 Å². The molecule has 2 aliphatic heterocycles.